The lowest BCUT2D eigenvalue weighted by atomic mass is 10.1. The highest BCUT2D eigenvalue weighted by Gasteiger charge is 2.10. The Morgan fingerprint density at radius 1 is 1.19 bits per heavy atom. The van der Waals surface area contributed by atoms with Gasteiger partial charge in [0.05, 0.1) is 24.5 Å². The number of nitrogens with zero attached hydrogens (tertiary/aromatic N) is 2. The van der Waals surface area contributed by atoms with Gasteiger partial charge in [0.15, 0.2) is 0 Å². The van der Waals surface area contributed by atoms with Crippen molar-refractivity contribution < 1.29 is 13.9 Å². The zero-order valence-electron chi connectivity index (χ0n) is 15.3. The van der Waals surface area contributed by atoms with E-state index in [1.54, 1.807) is 30.5 Å². The number of anilines is 1. The molecule has 7 heteroatoms. The van der Waals surface area contributed by atoms with Crippen molar-refractivity contribution in [2.45, 2.75) is 6.42 Å². The molecule has 0 bridgehead atoms. The first kappa shape index (κ1) is 19.3. The second-order valence-electron chi connectivity index (χ2n) is 6.44. The summed E-state index contributed by atoms with van der Waals surface area (Å²) in [6, 6.07) is 8.37. The third-order valence-corrected chi connectivity index (χ3v) is 4.50. The van der Waals surface area contributed by atoms with Crippen molar-refractivity contribution in [3.8, 4) is 0 Å². The highest BCUT2D eigenvalue weighted by molar-refractivity contribution is 5.94. The van der Waals surface area contributed by atoms with E-state index in [2.05, 4.69) is 20.5 Å². The maximum Gasteiger partial charge on any atom is 0.252 e. The van der Waals surface area contributed by atoms with Crippen molar-refractivity contribution in [1.82, 2.24) is 15.2 Å². The van der Waals surface area contributed by atoms with Crippen LogP contribution in [-0.4, -0.2) is 61.7 Å². The largest absolute Gasteiger partial charge is 0.382 e. The summed E-state index contributed by atoms with van der Waals surface area (Å²) in [7, 11) is 0. The van der Waals surface area contributed by atoms with Gasteiger partial charge >= 0.3 is 0 Å². The van der Waals surface area contributed by atoms with Gasteiger partial charge in [0.25, 0.3) is 5.91 Å². The van der Waals surface area contributed by atoms with Crippen LogP contribution in [0.2, 0.25) is 0 Å². The van der Waals surface area contributed by atoms with Gasteiger partial charge in [-0.15, -0.1) is 0 Å². The number of halogens is 1. The average Bonchev–Trinajstić information content (AvgIpc) is 2.70. The third kappa shape index (κ3) is 6.01. The monoisotopic (exact) mass is 372 g/mol. The molecule has 0 radical (unpaired) electrons. The summed E-state index contributed by atoms with van der Waals surface area (Å²) >= 11 is 0. The highest BCUT2D eigenvalue weighted by Crippen LogP contribution is 2.09. The van der Waals surface area contributed by atoms with Crippen LogP contribution < -0.4 is 10.6 Å². The molecule has 1 aliphatic heterocycles. The summed E-state index contributed by atoms with van der Waals surface area (Å²) in [5, 5.41) is 6.12. The first-order valence-electron chi connectivity index (χ1n) is 9.23. The summed E-state index contributed by atoms with van der Waals surface area (Å²) in [6.07, 6.45) is 3.68. The Hall–Kier alpha value is -2.51. The van der Waals surface area contributed by atoms with Crippen molar-refractivity contribution in [1.29, 1.82) is 0 Å². The molecule has 0 unspecified atom stereocenters. The molecule has 0 aliphatic carbocycles. The number of pyridine rings is 1. The molecule has 27 heavy (non-hydrogen) atoms. The Morgan fingerprint density at radius 2 is 2.00 bits per heavy atom. The third-order valence-electron chi connectivity index (χ3n) is 4.50. The summed E-state index contributed by atoms with van der Waals surface area (Å²) in [5.74, 6) is -0.462. The van der Waals surface area contributed by atoms with E-state index in [9.17, 15) is 9.18 Å². The van der Waals surface area contributed by atoms with Crippen LogP contribution >= 0.6 is 0 Å². The van der Waals surface area contributed by atoms with Gasteiger partial charge in [0.1, 0.15) is 5.82 Å². The smallest absolute Gasteiger partial charge is 0.252 e. The van der Waals surface area contributed by atoms with Crippen molar-refractivity contribution in [3.05, 3.63) is 59.7 Å². The lowest BCUT2D eigenvalue weighted by Crippen LogP contribution is -2.39. The molecular formula is C20H25FN4O2. The number of aromatic nitrogens is 1. The lowest BCUT2D eigenvalue weighted by Gasteiger charge is -2.26. The van der Waals surface area contributed by atoms with Crippen molar-refractivity contribution in [2.75, 3.05) is 51.3 Å². The topological polar surface area (TPSA) is 66.5 Å². The molecule has 144 valence electrons. The number of nitrogens with one attached hydrogen (secondary N) is 2. The molecule has 1 amide bonds. The number of benzene rings is 1. The quantitative estimate of drug-likeness (QED) is 0.741. The van der Waals surface area contributed by atoms with Gasteiger partial charge in [-0.1, -0.05) is 18.2 Å². The van der Waals surface area contributed by atoms with E-state index in [1.807, 2.05) is 0 Å². The van der Waals surface area contributed by atoms with Gasteiger partial charge in [0.2, 0.25) is 0 Å². The second kappa shape index (κ2) is 9.99. The van der Waals surface area contributed by atoms with E-state index in [4.69, 9.17) is 4.74 Å². The van der Waals surface area contributed by atoms with Crippen LogP contribution in [0.15, 0.2) is 42.7 Å². The number of hydrogen-bond acceptors (Lipinski definition) is 5. The van der Waals surface area contributed by atoms with E-state index in [1.165, 1.54) is 12.3 Å². The van der Waals surface area contributed by atoms with Gasteiger partial charge < -0.3 is 15.4 Å². The van der Waals surface area contributed by atoms with E-state index >= 15 is 0 Å². The van der Waals surface area contributed by atoms with Crippen LogP contribution in [0.5, 0.6) is 0 Å². The summed E-state index contributed by atoms with van der Waals surface area (Å²) in [4.78, 5) is 18.8. The summed E-state index contributed by atoms with van der Waals surface area (Å²) in [6.45, 7) is 5.53. The average molecular weight is 372 g/mol. The number of rotatable bonds is 8. The van der Waals surface area contributed by atoms with Crippen molar-refractivity contribution in [3.63, 3.8) is 0 Å². The lowest BCUT2D eigenvalue weighted by molar-refractivity contribution is 0.0398. The van der Waals surface area contributed by atoms with Gasteiger partial charge in [-0.3, -0.25) is 14.7 Å². The van der Waals surface area contributed by atoms with Crippen molar-refractivity contribution >= 4 is 11.6 Å². The minimum Gasteiger partial charge on any atom is -0.382 e. The van der Waals surface area contributed by atoms with Crippen LogP contribution in [0.25, 0.3) is 0 Å². The first-order valence-corrected chi connectivity index (χ1v) is 9.23. The molecule has 0 atom stereocenters. The molecule has 0 saturated carbocycles. The molecule has 3 rings (SSSR count). The van der Waals surface area contributed by atoms with Crippen LogP contribution in [0, 0.1) is 5.82 Å². The highest BCUT2D eigenvalue weighted by atomic mass is 19.1. The van der Waals surface area contributed by atoms with Crippen molar-refractivity contribution in [2.24, 2.45) is 0 Å². The first-order chi connectivity index (χ1) is 13.2. The molecule has 1 aliphatic rings. The minimum atomic E-state index is -0.250. The molecule has 2 N–H and O–H groups in total. The van der Waals surface area contributed by atoms with E-state index < -0.39 is 0 Å². The fourth-order valence-electron chi connectivity index (χ4n) is 2.96. The molecule has 2 aromatic rings. The predicted molar refractivity (Wildman–Crippen MR) is 102 cm³/mol. The molecule has 1 saturated heterocycles. The molecule has 1 aromatic carbocycles. The van der Waals surface area contributed by atoms with Crippen LogP contribution in [0.3, 0.4) is 0 Å². The van der Waals surface area contributed by atoms with Crippen LogP contribution in [0.4, 0.5) is 10.1 Å². The van der Waals surface area contributed by atoms with Crippen LogP contribution in [-0.2, 0) is 11.2 Å². The van der Waals surface area contributed by atoms with Gasteiger partial charge in [0, 0.05) is 45.1 Å². The number of carbonyl (C=O) groups excluding carboxylic acids is 1. The summed E-state index contributed by atoms with van der Waals surface area (Å²) < 4.78 is 18.9. The number of amides is 1. The van der Waals surface area contributed by atoms with E-state index in [0.29, 0.717) is 24.1 Å². The molecule has 2 heterocycles. The number of ether oxygens (including phenoxy) is 1. The number of morpholine rings is 1. The normalized spacial score (nSPS) is 14.7. The fraction of sp³-hybridized carbons (Fsp3) is 0.400. The van der Waals surface area contributed by atoms with E-state index in [-0.39, 0.29) is 11.7 Å². The Labute approximate surface area is 158 Å². The Morgan fingerprint density at radius 3 is 2.81 bits per heavy atom. The Kier molecular flexibility index (Phi) is 7.12. The minimum absolute atomic E-state index is 0.212. The van der Waals surface area contributed by atoms with Gasteiger partial charge in [-0.25, -0.2) is 4.39 Å². The fourth-order valence-corrected chi connectivity index (χ4v) is 2.96. The SMILES string of the molecule is O=C(NCCc1ccccc1F)c1cncc(NCCN2CCOCC2)c1. The Bertz CT molecular complexity index is 750. The zero-order valence-corrected chi connectivity index (χ0v) is 15.3. The van der Waals surface area contributed by atoms with Gasteiger partial charge in [-0.2, -0.15) is 0 Å². The molecular weight excluding hydrogens is 347 g/mol. The number of carbonyl (C=O) groups is 1. The van der Waals surface area contributed by atoms with E-state index in [0.717, 1.165) is 45.1 Å². The standard InChI is InChI=1S/C20H25FN4O2/c21-19-4-2-1-3-16(19)5-6-24-20(26)17-13-18(15-22-14-17)23-7-8-25-9-11-27-12-10-25/h1-4,13-15,23H,5-12H2,(H,24,26). The second-order valence-corrected chi connectivity index (χ2v) is 6.44. The zero-order chi connectivity index (χ0) is 18.9. The Balaban J connectivity index is 1.44. The molecule has 1 fully saturated rings. The maximum atomic E-state index is 13.6. The van der Waals surface area contributed by atoms with Gasteiger partial charge in [-0.05, 0) is 24.1 Å². The molecule has 6 nitrogen and oxygen atoms in total. The van der Waals surface area contributed by atoms with Crippen LogP contribution in [0.1, 0.15) is 15.9 Å². The molecule has 1 aromatic heterocycles. The summed E-state index contributed by atoms with van der Waals surface area (Å²) in [5.41, 5.74) is 1.89. The number of hydrogen-bond donors (Lipinski definition) is 2. The maximum absolute atomic E-state index is 13.6. The molecule has 0 spiro atoms. The predicted octanol–water partition coefficient (Wildman–Crippen LogP) is 1.94.